The fourth-order valence-electron chi connectivity index (χ4n) is 4.31. The maximum absolute atomic E-state index is 13.0. The van der Waals surface area contributed by atoms with Crippen LogP contribution in [0.15, 0.2) is 48.5 Å². The molecule has 1 atom stereocenters. The summed E-state index contributed by atoms with van der Waals surface area (Å²) >= 11 is 0. The predicted octanol–water partition coefficient (Wildman–Crippen LogP) is 4.38. The molecule has 1 saturated heterocycles. The molecule has 2 heterocycles. The van der Waals surface area contributed by atoms with Crippen LogP contribution in [0.25, 0.3) is 11.0 Å². The van der Waals surface area contributed by atoms with Crippen molar-refractivity contribution in [1.82, 2.24) is 14.5 Å². The number of fused-ring (bicyclic) bond motifs is 1. The molecule has 1 aliphatic rings. The molecule has 0 unspecified atom stereocenters. The molecule has 2 aromatic carbocycles. The highest BCUT2D eigenvalue weighted by molar-refractivity contribution is 5.93. The number of carbonyl (C=O) groups is 1. The first-order chi connectivity index (χ1) is 14.2. The molecule has 1 aromatic heterocycles. The maximum Gasteiger partial charge on any atom is 0.228 e. The average Bonchev–Trinajstić information content (AvgIpc) is 3.05. The Bertz CT molecular complexity index is 993. The smallest absolute Gasteiger partial charge is 0.228 e. The van der Waals surface area contributed by atoms with Crippen LogP contribution in [0.2, 0.25) is 0 Å². The fraction of sp³-hybridized carbons (Fsp3) is 0.417. The Morgan fingerprint density at radius 3 is 2.79 bits per heavy atom. The van der Waals surface area contributed by atoms with Gasteiger partial charge in [0.25, 0.3) is 0 Å². The number of para-hydroxylation sites is 3. The van der Waals surface area contributed by atoms with E-state index in [0.717, 1.165) is 67.9 Å². The lowest BCUT2D eigenvalue weighted by Crippen LogP contribution is -2.40. The first kappa shape index (κ1) is 19.6. The van der Waals surface area contributed by atoms with E-state index in [1.165, 1.54) is 5.56 Å². The number of aromatic nitrogens is 2. The molecular weight excluding hydrogens is 360 g/mol. The molecule has 1 N–H and O–H groups in total. The summed E-state index contributed by atoms with van der Waals surface area (Å²) < 4.78 is 2.17. The lowest BCUT2D eigenvalue weighted by molar-refractivity contribution is -0.121. The van der Waals surface area contributed by atoms with Gasteiger partial charge in [-0.2, -0.15) is 0 Å². The van der Waals surface area contributed by atoms with Gasteiger partial charge in [-0.05, 0) is 49.6 Å². The second-order valence-electron chi connectivity index (χ2n) is 8.05. The number of hydrogen-bond donors (Lipinski definition) is 1. The number of nitrogens with zero attached hydrogens (tertiary/aromatic N) is 3. The molecule has 0 aliphatic carbocycles. The van der Waals surface area contributed by atoms with Crippen molar-refractivity contribution >= 4 is 22.6 Å². The van der Waals surface area contributed by atoms with Gasteiger partial charge < -0.3 is 9.88 Å². The summed E-state index contributed by atoms with van der Waals surface area (Å²) in [5.41, 5.74) is 4.37. The SMILES string of the molecule is CCCc1ccccc1NC(=O)[C@@H]1CCCN(Cc2nc3ccccc3n2C)C1. The quantitative estimate of drug-likeness (QED) is 0.680. The highest BCUT2D eigenvalue weighted by Gasteiger charge is 2.27. The number of carbonyl (C=O) groups excluding carboxylic acids is 1. The van der Waals surface area contributed by atoms with Gasteiger partial charge in [0.15, 0.2) is 0 Å². The number of benzene rings is 2. The normalized spacial score (nSPS) is 17.5. The second-order valence-corrected chi connectivity index (χ2v) is 8.05. The second kappa shape index (κ2) is 8.78. The summed E-state index contributed by atoms with van der Waals surface area (Å²) in [5, 5.41) is 3.20. The third-order valence-corrected chi connectivity index (χ3v) is 5.92. The zero-order chi connectivity index (χ0) is 20.2. The van der Waals surface area contributed by atoms with E-state index < -0.39 is 0 Å². The summed E-state index contributed by atoms with van der Waals surface area (Å²) in [7, 11) is 2.07. The van der Waals surface area contributed by atoms with Crippen LogP contribution in [-0.4, -0.2) is 33.4 Å². The van der Waals surface area contributed by atoms with Crippen LogP contribution in [0.1, 0.15) is 37.6 Å². The zero-order valence-corrected chi connectivity index (χ0v) is 17.4. The number of anilines is 1. The van der Waals surface area contributed by atoms with Crippen molar-refractivity contribution < 1.29 is 4.79 Å². The monoisotopic (exact) mass is 390 g/mol. The fourth-order valence-corrected chi connectivity index (χ4v) is 4.31. The van der Waals surface area contributed by atoms with Crippen molar-refractivity contribution in [2.45, 2.75) is 39.2 Å². The third kappa shape index (κ3) is 4.35. The molecule has 0 saturated carbocycles. The van der Waals surface area contributed by atoms with E-state index in [4.69, 9.17) is 4.98 Å². The first-order valence-corrected chi connectivity index (χ1v) is 10.7. The summed E-state index contributed by atoms with van der Waals surface area (Å²) in [6.07, 6.45) is 4.04. The van der Waals surface area contributed by atoms with E-state index in [9.17, 15) is 4.79 Å². The van der Waals surface area contributed by atoms with Gasteiger partial charge >= 0.3 is 0 Å². The molecule has 5 nitrogen and oxygen atoms in total. The zero-order valence-electron chi connectivity index (χ0n) is 17.4. The Kier molecular flexibility index (Phi) is 5.95. The molecule has 5 heteroatoms. The third-order valence-electron chi connectivity index (χ3n) is 5.92. The lowest BCUT2D eigenvalue weighted by atomic mass is 9.96. The highest BCUT2D eigenvalue weighted by atomic mass is 16.1. The lowest BCUT2D eigenvalue weighted by Gasteiger charge is -2.31. The summed E-state index contributed by atoms with van der Waals surface area (Å²) in [6.45, 7) is 4.74. The molecule has 1 amide bonds. The minimum absolute atomic E-state index is 0.0214. The van der Waals surface area contributed by atoms with E-state index >= 15 is 0 Å². The van der Waals surface area contributed by atoms with Crippen molar-refractivity contribution in [1.29, 1.82) is 0 Å². The Hall–Kier alpha value is -2.66. The number of nitrogens with one attached hydrogen (secondary N) is 1. The van der Waals surface area contributed by atoms with E-state index in [-0.39, 0.29) is 11.8 Å². The van der Waals surface area contributed by atoms with Gasteiger partial charge in [0, 0.05) is 19.3 Å². The maximum atomic E-state index is 13.0. The van der Waals surface area contributed by atoms with Crippen molar-refractivity contribution in [2.75, 3.05) is 18.4 Å². The van der Waals surface area contributed by atoms with Gasteiger partial charge in [0.2, 0.25) is 5.91 Å². The van der Waals surface area contributed by atoms with Crippen LogP contribution in [-0.2, 0) is 24.8 Å². The van der Waals surface area contributed by atoms with Gasteiger partial charge in [-0.25, -0.2) is 4.98 Å². The Labute approximate surface area is 172 Å². The molecule has 0 radical (unpaired) electrons. The summed E-state index contributed by atoms with van der Waals surface area (Å²) in [4.78, 5) is 20.1. The van der Waals surface area contributed by atoms with Crippen LogP contribution in [0.4, 0.5) is 5.69 Å². The van der Waals surface area contributed by atoms with Crippen LogP contribution in [0.5, 0.6) is 0 Å². The van der Waals surface area contributed by atoms with Gasteiger partial charge in [0.05, 0.1) is 23.5 Å². The number of hydrogen-bond acceptors (Lipinski definition) is 3. The number of amides is 1. The average molecular weight is 391 g/mol. The highest BCUT2D eigenvalue weighted by Crippen LogP contribution is 2.23. The molecule has 152 valence electrons. The van der Waals surface area contributed by atoms with E-state index in [1.807, 2.05) is 30.3 Å². The minimum atomic E-state index is 0.0214. The van der Waals surface area contributed by atoms with Crippen molar-refractivity contribution in [3.8, 4) is 0 Å². The topological polar surface area (TPSA) is 50.2 Å². The molecule has 0 spiro atoms. The molecule has 1 aliphatic heterocycles. The molecule has 3 aromatic rings. The standard InChI is InChI=1S/C24H30N4O/c1-3-9-18-10-4-5-12-20(18)26-24(29)19-11-8-15-28(16-19)17-23-25-21-13-6-7-14-22(21)27(23)2/h4-7,10,12-14,19H,3,8-9,11,15-17H2,1-2H3,(H,26,29)/t19-/m1/s1. The molecule has 1 fully saturated rings. The van der Waals surface area contributed by atoms with Gasteiger partial charge in [-0.3, -0.25) is 9.69 Å². The number of imidazole rings is 1. The summed E-state index contributed by atoms with van der Waals surface area (Å²) in [6, 6.07) is 16.4. The predicted molar refractivity (Wildman–Crippen MR) is 118 cm³/mol. The molecular formula is C24H30N4O. The van der Waals surface area contributed by atoms with Gasteiger partial charge in [-0.15, -0.1) is 0 Å². The van der Waals surface area contributed by atoms with Crippen LogP contribution in [0, 0.1) is 5.92 Å². The number of aryl methyl sites for hydroxylation is 2. The minimum Gasteiger partial charge on any atom is -0.330 e. The van der Waals surface area contributed by atoms with Crippen molar-refractivity contribution in [3.05, 3.63) is 59.9 Å². The Morgan fingerprint density at radius 2 is 1.97 bits per heavy atom. The largest absolute Gasteiger partial charge is 0.330 e. The molecule has 29 heavy (non-hydrogen) atoms. The van der Waals surface area contributed by atoms with E-state index in [1.54, 1.807) is 0 Å². The number of rotatable bonds is 6. The first-order valence-electron chi connectivity index (χ1n) is 10.7. The Morgan fingerprint density at radius 1 is 1.17 bits per heavy atom. The number of piperidine rings is 1. The number of likely N-dealkylation sites (tertiary alicyclic amines) is 1. The van der Waals surface area contributed by atoms with Crippen molar-refractivity contribution in [3.63, 3.8) is 0 Å². The van der Waals surface area contributed by atoms with Crippen LogP contribution >= 0.6 is 0 Å². The van der Waals surface area contributed by atoms with E-state index in [0.29, 0.717) is 0 Å². The van der Waals surface area contributed by atoms with Gasteiger partial charge in [0.1, 0.15) is 5.82 Å². The summed E-state index contributed by atoms with van der Waals surface area (Å²) in [5.74, 6) is 1.22. The van der Waals surface area contributed by atoms with Gasteiger partial charge in [-0.1, -0.05) is 43.7 Å². The van der Waals surface area contributed by atoms with Crippen molar-refractivity contribution in [2.24, 2.45) is 13.0 Å². The van der Waals surface area contributed by atoms with E-state index in [2.05, 4.69) is 47.0 Å². The van der Waals surface area contributed by atoms with Crippen LogP contribution < -0.4 is 5.32 Å². The Balaban J connectivity index is 1.43. The molecule has 0 bridgehead atoms. The van der Waals surface area contributed by atoms with Crippen LogP contribution in [0.3, 0.4) is 0 Å². The molecule has 4 rings (SSSR count).